The number of alkyl halides is 3. The third kappa shape index (κ3) is 4.08. The van der Waals surface area contributed by atoms with Gasteiger partial charge in [-0.3, -0.25) is 9.69 Å². The Balaban J connectivity index is 1.53. The normalized spacial score (nSPS) is 22.8. The lowest BCUT2D eigenvalue weighted by molar-refractivity contribution is -0.142. The van der Waals surface area contributed by atoms with Crippen LogP contribution in [0.3, 0.4) is 0 Å². The first-order valence-electron chi connectivity index (χ1n) is 8.22. The minimum atomic E-state index is -4.32. The molecule has 0 bridgehead atoms. The summed E-state index contributed by atoms with van der Waals surface area (Å²) in [6.07, 6.45) is -2.92. The molecular weight excluding hydrogens is 321 g/mol. The van der Waals surface area contributed by atoms with Crippen molar-refractivity contribution in [2.24, 2.45) is 0 Å². The molecule has 2 heterocycles. The summed E-state index contributed by atoms with van der Waals surface area (Å²) in [6.45, 7) is 3.62. The van der Waals surface area contributed by atoms with Crippen LogP contribution in [0.1, 0.15) is 24.0 Å². The molecule has 132 valence electrons. The Morgan fingerprint density at radius 2 is 1.96 bits per heavy atom. The SMILES string of the molecule is O=C([C@H]1CCCO1)N1CCN(Cc2cccc(C(F)(F)F)c2)CC1. The average Bonchev–Trinajstić information content (AvgIpc) is 3.09. The van der Waals surface area contributed by atoms with E-state index in [9.17, 15) is 18.0 Å². The van der Waals surface area contributed by atoms with Gasteiger partial charge in [0, 0.05) is 39.3 Å². The van der Waals surface area contributed by atoms with Crippen molar-refractivity contribution < 1.29 is 22.7 Å². The molecule has 0 aliphatic carbocycles. The molecule has 0 unspecified atom stereocenters. The standard InChI is InChI=1S/C17H21F3N2O2/c18-17(19,20)14-4-1-3-13(11-14)12-21-6-8-22(9-7-21)16(23)15-5-2-10-24-15/h1,3-4,11,15H,2,5-10,12H2/t15-/m1/s1. The number of nitrogens with zero attached hydrogens (tertiary/aromatic N) is 2. The summed E-state index contributed by atoms with van der Waals surface area (Å²) in [5, 5.41) is 0. The maximum absolute atomic E-state index is 12.8. The van der Waals surface area contributed by atoms with Crippen molar-refractivity contribution in [2.75, 3.05) is 32.8 Å². The van der Waals surface area contributed by atoms with Gasteiger partial charge in [0.25, 0.3) is 5.91 Å². The van der Waals surface area contributed by atoms with Crippen LogP contribution < -0.4 is 0 Å². The van der Waals surface area contributed by atoms with Crippen molar-refractivity contribution in [3.05, 3.63) is 35.4 Å². The van der Waals surface area contributed by atoms with Crippen molar-refractivity contribution in [1.82, 2.24) is 9.80 Å². The molecular formula is C17H21F3N2O2. The number of benzene rings is 1. The highest BCUT2D eigenvalue weighted by Gasteiger charge is 2.32. The lowest BCUT2D eigenvalue weighted by Crippen LogP contribution is -2.51. The van der Waals surface area contributed by atoms with E-state index in [1.165, 1.54) is 12.1 Å². The van der Waals surface area contributed by atoms with Crippen LogP contribution >= 0.6 is 0 Å². The maximum Gasteiger partial charge on any atom is 0.416 e. The second kappa shape index (κ2) is 7.11. The summed E-state index contributed by atoms with van der Waals surface area (Å²) in [6, 6.07) is 5.43. The minimum Gasteiger partial charge on any atom is -0.368 e. The Kier molecular flexibility index (Phi) is 5.10. The number of hydrogen-bond donors (Lipinski definition) is 0. The molecule has 2 aliphatic rings. The average molecular weight is 342 g/mol. The van der Waals surface area contributed by atoms with Crippen LogP contribution in [0, 0.1) is 0 Å². The first-order chi connectivity index (χ1) is 11.4. The molecule has 24 heavy (non-hydrogen) atoms. The van der Waals surface area contributed by atoms with E-state index in [4.69, 9.17) is 4.74 Å². The van der Waals surface area contributed by atoms with Gasteiger partial charge in [-0.15, -0.1) is 0 Å². The van der Waals surface area contributed by atoms with Crippen molar-refractivity contribution in [3.63, 3.8) is 0 Å². The van der Waals surface area contributed by atoms with Gasteiger partial charge in [0.1, 0.15) is 6.10 Å². The second-order valence-corrected chi connectivity index (χ2v) is 6.30. The quantitative estimate of drug-likeness (QED) is 0.846. The van der Waals surface area contributed by atoms with Gasteiger partial charge in [-0.2, -0.15) is 13.2 Å². The van der Waals surface area contributed by atoms with Gasteiger partial charge in [0.05, 0.1) is 5.56 Å². The first kappa shape index (κ1) is 17.2. The molecule has 0 radical (unpaired) electrons. The highest BCUT2D eigenvalue weighted by atomic mass is 19.4. The molecule has 1 aromatic carbocycles. The van der Waals surface area contributed by atoms with E-state index in [0.717, 1.165) is 18.9 Å². The van der Waals surface area contributed by atoms with Crippen molar-refractivity contribution >= 4 is 5.91 Å². The van der Waals surface area contributed by atoms with Crippen LogP contribution in [-0.4, -0.2) is 54.6 Å². The molecule has 1 aromatic rings. The lowest BCUT2D eigenvalue weighted by Gasteiger charge is -2.35. The fraction of sp³-hybridized carbons (Fsp3) is 0.588. The van der Waals surface area contributed by atoms with E-state index < -0.39 is 11.7 Å². The molecule has 0 saturated carbocycles. The molecule has 0 N–H and O–H groups in total. The van der Waals surface area contributed by atoms with E-state index in [2.05, 4.69) is 4.90 Å². The Morgan fingerprint density at radius 3 is 2.58 bits per heavy atom. The summed E-state index contributed by atoms with van der Waals surface area (Å²) in [5.41, 5.74) is 0.0240. The molecule has 1 atom stereocenters. The summed E-state index contributed by atoms with van der Waals surface area (Å²) < 4.78 is 43.7. The molecule has 7 heteroatoms. The predicted octanol–water partition coefficient (Wildman–Crippen LogP) is 2.53. The number of amides is 1. The number of carbonyl (C=O) groups is 1. The molecule has 3 rings (SSSR count). The van der Waals surface area contributed by atoms with Crippen LogP contribution in [0.2, 0.25) is 0 Å². The molecule has 2 fully saturated rings. The summed E-state index contributed by atoms with van der Waals surface area (Å²) in [5.74, 6) is 0.0474. The molecule has 1 amide bonds. The number of piperazine rings is 1. The van der Waals surface area contributed by atoms with Crippen LogP contribution in [0.15, 0.2) is 24.3 Å². The van der Waals surface area contributed by atoms with Gasteiger partial charge >= 0.3 is 6.18 Å². The number of ether oxygens (including phenoxy) is 1. The topological polar surface area (TPSA) is 32.8 Å². The molecule has 2 saturated heterocycles. The Labute approximate surface area is 139 Å². The highest BCUT2D eigenvalue weighted by molar-refractivity contribution is 5.81. The van der Waals surface area contributed by atoms with Crippen molar-refractivity contribution in [3.8, 4) is 0 Å². The van der Waals surface area contributed by atoms with Gasteiger partial charge < -0.3 is 9.64 Å². The Bertz CT molecular complexity index is 577. The van der Waals surface area contributed by atoms with Crippen LogP contribution in [0.5, 0.6) is 0 Å². The molecule has 0 aromatic heterocycles. The van der Waals surface area contributed by atoms with E-state index in [-0.39, 0.29) is 12.0 Å². The molecule has 2 aliphatic heterocycles. The van der Waals surface area contributed by atoms with Gasteiger partial charge in [-0.05, 0) is 24.5 Å². The predicted molar refractivity (Wildman–Crippen MR) is 82.3 cm³/mol. The van der Waals surface area contributed by atoms with Crippen molar-refractivity contribution in [1.29, 1.82) is 0 Å². The van der Waals surface area contributed by atoms with Crippen LogP contribution in [0.4, 0.5) is 13.2 Å². The van der Waals surface area contributed by atoms with Crippen molar-refractivity contribution in [2.45, 2.75) is 31.7 Å². The highest BCUT2D eigenvalue weighted by Crippen LogP contribution is 2.29. The molecule has 0 spiro atoms. The fourth-order valence-corrected chi connectivity index (χ4v) is 3.21. The zero-order valence-electron chi connectivity index (χ0n) is 13.4. The van der Waals surface area contributed by atoms with Crippen LogP contribution in [-0.2, 0) is 22.3 Å². The first-order valence-corrected chi connectivity index (χ1v) is 8.22. The largest absolute Gasteiger partial charge is 0.416 e. The summed E-state index contributed by atoms with van der Waals surface area (Å²) >= 11 is 0. The minimum absolute atomic E-state index is 0.0474. The van der Waals surface area contributed by atoms with Gasteiger partial charge in [-0.1, -0.05) is 18.2 Å². The van der Waals surface area contributed by atoms with Gasteiger partial charge in [0.15, 0.2) is 0 Å². The van der Waals surface area contributed by atoms with E-state index >= 15 is 0 Å². The zero-order valence-corrected chi connectivity index (χ0v) is 13.4. The lowest BCUT2D eigenvalue weighted by atomic mass is 10.1. The maximum atomic E-state index is 12.8. The number of hydrogen-bond acceptors (Lipinski definition) is 3. The van der Waals surface area contributed by atoms with Gasteiger partial charge in [0.2, 0.25) is 0 Å². The smallest absolute Gasteiger partial charge is 0.368 e. The zero-order chi connectivity index (χ0) is 17.2. The number of halogens is 3. The summed E-state index contributed by atoms with van der Waals surface area (Å²) in [7, 11) is 0. The molecule has 4 nitrogen and oxygen atoms in total. The number of carbonyl (C=O) groups excluding carboxylic acids is 1. The summed E-state index contributed by atoms with van der Waals surface area (Å²) in [4.78, 5) is 16.2. The fourth-order valence-electron chi connectivity index (χ4n) is 3.21. The Hall–Kier alpha value is -1.60. The monoisotopic (exact) mass is 342 g/mol. The third-order valence-corrected chi connectivity index (χ3v) is 4.55. The second-order valence-electron chi connectivity index (χ2n) is 6.30. The van der Waals surface area contributed by atoms with E-state index in [1.807, 2.05) is 0 Å². The van der Waals surface area contributed by atoms with Crippen LogP contribution in [0.25, 0.3) is 0 Å². The van der Waals surface area contributed by atoms with Gasteiger partial charge in [-0.25, -0.2) is 0 Å². The Morgan fingerprint density at radius 1 is 1.21 bits per heavy atom. The van der Waals surface area contributed by atoms with E-state index in [0.29, 0.717) is 44.9 Å². The third-order valence-electron chi connectivity index (χ3n) is 4.55. The number of rotatable bonds is 3. The van der Waals surface area contributed by atoms with E-state index in [1.54, 1.807) is 11.0 Å².